The maximum Gasteiger partial charge on any atom is 0.279 e. The van der Waals surface area contributed by atoms with Gasteiger partial charge in [-0.3, -0.25) is 20.4 Å². The van der Waals surface area contributed by atoms with Crippen molar-refractivity contribution in [3.05, 3.63) is 28.7 Å². The van der Waals surface area contributed by atoms with E-state index in [1.165, 1.54) is 11.8 Å². The van der Waals surface area contributed by atoms with E-state index in [1.807, 2.05) is 12.1 Å². The summed E-state index contributed by atoms with van der Waals surface area (Å²) in [5.74, 6) is 0.207. The molecule has 1 aromatic carbocycles. The number of halogens is 1. The molecule has 2 amide bonds. The summed E-state index contributed by atoms with van der Waals surface area (Å²) in [5.41, 5.74) is 4.63. The fraction of sp³-hybridized carbons (Fsp3) is 0.333. The average molecular weight is 347 g/mol. The van der Waals surface area contributed by atoms with Crippen LogP contribution < -0.4 is 15.6 Å². The van der Waals surface area contributed by atoms with Crippen LogP contribution in [0.25, 0.3) is 0 Å². The molecule has 1 aromatic rings. The summed E-state index contributed by atoms with van der Waals surface area (Å²) in [4.78, 5) is 22.9. The third kappa shape index (κ3) is 5.98. The highest BCUT2D eigenvalue weighted by atomic mass is 79.9. The predicted molar refractivity (Wildman–Crippen MR) is 78.9 cm³/mol. The molecular weight excluding hydrogens is 332 g/mol. The van der Waals surface area contributed by atoms with Crippen LogP contribution in [0.3, 0.4) is 0 Å². The molecule has 1 rings (SSSR count). The zero-order valence-electron chi connectivity index (χ0n) is 10.6. The van der Waals surface area contributed by atoms with Gasteiger partial charge in [-0.05, 0) is 31.4 Å². The first-order valence-corrected chi connectivity index (χ1v) is 7.71. The highest BCUT2D eigenvalue weighted by molar-refractivity contribution is 9.10. The molecule has 5 nitrogen and oxygen atoms in total. The number of amides is 2. The quantitative estimate of drug-likeness (QED) is 0.796. The van der Waals surface area contributed by atoms with Gasteiger partial charge in [-0.2, -0.15) is 11.8 Å². The Hall–Kier alpha value is -1.21. The number of rotatable bonds is 5. The SMILES string of the molecule is CSCC(=O)NNC(=O)C(C)Oc1cccc(Br)c1. The zero-order chi connectivity index (χ0) is 14.3. The van der Waals surface area contributed by atoms with E-state index in [0.717, 1.165) is 4.47 Å². The Labute approximate surface area is 124 Å². The number of nitrogens with one attached hydrogen (secondary N) is 2. The minimum absolute atomic E-state index is 0.254. The van der Waals surface area contributed by atoms with Crippen molar-refractivity contribution in [2.45, 2.75) is 13.0 Å². The molecule has 0 fully saturated rings. The van der Waals surface area contributed by atoms with E-state index in [0.29, 0.717) is 11.5 Å². The summed E-state index contributed by atoms with van der Waals surface area (Å²) in [6.07, 6.45) is 1.10. The number of benzene rings is 1. The highest BCUT2D eigenvalue weighted by Gasteiger charge is 2.15. The van der Waals surface area contributed by atoms with Gasteiger partial charge in [0.2, 0.25) is 5.91 Å². The molecule has 0 aliphatic rings. The van der Waals surface area contributed by atoms with E-state index in [9.17, 15) is 9.59 Å². The van der Waals surface area contributed by atoms with E-state index < -0.39 is 12.0 Å². The molecule has 1 unspecified atom stereocenters. The topological polar surface area (TPSA) is 67.4 Å². The summed E-state index contributed by atoms with van der Waals surface area (Å²) < 4.78 is 6.32. The van der Waals surface area contributed by atoms with Gasteiger partial charge >= 0.3 is 0 Å². The van der Waals surface area contributed by atoms with Gasteiger partial charge in [0.15, 0.2) is 6.10 Å². The van der Waals surface area contributed by atoms with Crippen molar-refractivity contribution in [1.82, 2.24) is 10.9 Å². The van der Waals surface area contributed by atoms with Gasteiger partial charge in [-0.15, -0.1) is 0 Å². The molecule has 0 aliphatic heterocycles. The summed E-state index contributed by atoms with van der Waals surface area (Å²) in [6.45, 7) is 1.61. The molecule has 0 spiro atoms. The lowest BCUT2D eigenvalue weighted by Gasteiger charge is -2.15. The third-order valence-corrected chi connectivity index (χ3v) is 3.12. The number of ether oxygens (including phenoxy) is 1. The van der Waals surface area contributed by atoms with Crippen molar-refractivity contribution >= 4 is 39.5 Å². The normalized spacial score (nSPS) is 11.5. The monoisotopic (exact) mass is 346 g/mol. The van der Waals surface area contributed by atoms with Crippen LogP contribution in [0.15, 0.2) is 28.7 Å². The van der Waals surface area contributed by atoms with Gasteiger partial charge in [0, 0.05) is 4.47 Å². The zero-order valence-corrected chi connectivity index (χ0v) is 13.0. The van der Waals surface area contributed by atoms with Crippen molar-refractivity contribution in [1.29, 1.82) is 0 Å². The molecule has 0 bridgehead atoms. The Balaban J connectivity index is 2.42. The van der Waals surface area contributed by atoms with Gasteiger partial charge in [0.25, 0.3) is 5.91 Å². The smallest absolute Gasteiger partial charge is 0.279 e. The Kier molecular flexibility index (Phi) is 6.72. The number of hydrogen-bond acceptors (Lipinski definition) is 4. The summed E-state index contributed by atoms with van der Waals surface area (Å²) in [6, 6.07) is 7.18. The van der Waals surface area contributed by atoms with Gasteiger partial charge in [0.1, 0.15) is 5.75 Å². The van der Waals surface area contributed by atoms with Crippen LogP contribution in [-0.4, -0.2) is 29.9 Å². The van der Waals surface area contributed by atoms with Crippen molar-refractivity contribution in [2.75, 3.05) is 12.0 Å². The second-order valence-electron chi connectivity index (χ2n) is 3.69. The van der Waals surface area contributed by atoms with Crippen LogP contribution in [0.5, 0.6) is 5.75 Å². The average Bonchev–Trinajstić information content (AvgIpc) is 2.36. The molecule has 104 valence electrons. The van der Waals surface area contributed by atoms with E-state index in [1.54, 1.807) is 25.3 Å². The van der Waals surface area contributed by atoms with Crippen LogP contribution in [0.4, 0.5) is 0 Å². The largest absolute Gasteiger partial charge is 0.481 e. The van der Waals surface area contributed by atoms with Crippen molar-refractivity contribution in [3.63, 3.8) is 0 Å². The molecule has 0 radical (unpaired) electrons. The molecule has 0 aliphatic carbocycles. The lowest BCUT2D eigenvalue weighted by Crippen LogP contribution is -2.47. The van der Waals surface area contributed by atoms with E-state index in [-0.39, 0.29) is 5.91 Å². The molecule has 7 heteroatoms. The second kappa shape index (κ2) is 8.06. The van der Waals surface area contributed by atoms with Crippen LogP contribution in [0.1, 0.15) is 6.92 Å². The number of carbonyl (C=O) groups excluding carboxylic acids is 2. The molecule has 19 heavy (non-hydrogen) atoms. The van der Waals surface area contributed by atoms with Gasteiger partial charge in [-0.1, -0.05) is 22.0 Å². The fourth-order valence-electron chi connectivity index (χ4n) is 1.20. The van der Waals surface area contributed by atoms with Gasteiger partial charge in [0.05, 0.1) is 5.75 Å². The Morgan fingerprint density at radius 1 is 1.42 bits per heavy atom. The van der Waals surface area contributed by atoms with Crippen molar-refractivity contribution < 1.29 is 14.3 Å². The minimum Gasteiger partial charge on any atom is -0.481 e. The van der Waals surface area contributed by atoms with Crippen LogP contribution in [-0.2, 0) is 9.59 Å². The van der Waals surface area contributed by atoms with Gasteiger partial charge < -0.3 is 4.74 Å². The predicted octanol–water partition coefficient (Wildman–Crippen LogP) is 1.73. The molecule has 0 saturated carbocycles. The number of thioether (sulfide) groups is 1. The standard InChI is InChI=1S/C12H15BrN2O3S/c1-8(12(17)15-14-11(16)7-19-2)18-10-5-3-4-9(13)6-10/h3-6,8H,7H2,1-2H3,(H,14,16)(H,15,17). The lowest BCUT2D eigenvalue weighted by atomic mass is 10.3. The summed E-state index contributed by atoms with van der Waals surface area (Å²) in [5, 5.41) is 0. The van der Waals surface area contributed by atoms with Crippen LogP contribution in [0, 0.1) is 0 Å². The maximum atomic E-state index is 11.7. The molecule has 0 heterocycles. The van der Waals surface area contributed by atoms with Crippen LogP contribution in [0.2, 0.25) is 0 Å². The lowest BCUT2D eigenvalue weighted by molar-refractivity contribution is -0.131. The second-order valence-corrected chi connectivity index (χ2v) is 5.47. The molecule has 1 atom stereocenters. The van der Waals surface area contributed by atoms with Gasteiger partial charge in [-0.25, -0.2) is 0 Å². The Morgan fingerprint density at radius 3 is 2.79 bits per heavy atom. The minimum atomic E-state index is -0.705. The number of hydrogen-bond donors (Lipinski definition) is 2. The highest BCUT2D eigenvalue weighted by Crippen LogP contribution is 2.18. The maximum absolute atomic E-state index is 11.7. The number of hydrazine groups is 1. The first kappa shape index (κ1) is 15.8. The van der Waals surface area contributed by atoms with Crippen molar-refractivity contribution in [3.8, 4) is 5.75 Å². The third-order valence-electron chi connectivity index (χ3n) is 2.08. The van der Waals surface area contributed by atoms with Crippen LogP contribution >= 0.6 is 27.7 Å². The van der Waals surface area contributed by atoms with E-state index in [4.69, 9.17) is 4.74 Å². The molecule has 0 saturated heterocycles. The summed E-state index contributed by atoms with van der Waals surface area (Å²) in [7, 11) is 0. The van der Waals surface area contributed by atoms with E-state index >= 15 is 0 Å². The first-order chi connectivity index (χ1) is 9.02. The van der Waals surface area contributed by atoms with Crippen molar-refractivity contribution in [2.24, 2.45) is 0 Å². The molecule has 2 N–H and O–H groups in total. The van der Waals surface area contributed by atoms with E-state index in [2.05, 4.69) is 26.8 Å². The molecular formula is C12H15BrN2O3S. The fourth-order valence-corrected chi connectivity index (χ4v) is 1.91. The molecule has 0 aromatic heterocycles. The first-order valence-electron chi connectivity index (χ1n) is 5.52. The Bertz CT molecular complexity index is 456. The summed E-state index contributed by atoms with van der Waals surface area (Å²) >= 11 is 4.69. The Morgan fingerprint density at radius 2 is 2.16 bits per heavy atom. The number of carbonyl (C=O) groups is 2.